The maximum absolute atomic E-state index is 12.4. The van der Waals surface area contributed by atoms with Crippen molar-refractivity contribution in [2.24, 2.45) is 5.92 Å². The lowest BCUT2D eigenvalue weighted by Gasteiger charge is -2.26. The summed E-state index contributed by atoms with van der Waals surface area (Å²) in [5.74, 6) is 0.584. The van der Waals surface area contributed by atoms with Crippen LogP contribution in [0.2, 0.25) is 0 Å². The summed E-state index contributed by atoms with van der Waals surface area (Å²) in [6.45, 7) is 2.54. The Morgan fingerprint density at radius 1 is 1.55 bits per heavy atom. The first kappa shape index (κ1) is 15.2. The van der Waals surface area contributed by atoms with E-state index in [0.717, 1.165) is 42.8 Å². The van der Waals surface area contributed by atoms with Gasteiger partial charge in [-0.3, -0.25) is 9.48 Å². The highest BCUT2D eigenvalue weighted by atomic mass is 32.1. The molecular weight excluding hydrogens is 296 g/mol. The third-order valence-electron chi connectivity index (χ3n) is 4.08. The molecule has 1 atom stereocenters. The van der Waals surface area contributed by atoms with Gasteiger partial charge in [0, 0.05) is 19.6 Å². The van der Waals surface area contributed by atoms with Crippen molar-refractivity contribution in [3.8, 4) is 0 Å². The smallest absolute Gasteiger partial charge is 0.255 e. The van der Waals surface area contributed by atoms with Crippen molar-refractivity contribution in [2.45, 2.75) is 25.9 Å². The van der Waals surface area contributed by atoms with Gasteiger partial charge in [-0.15, -0.1) is 0 Å². The van der Waals surface area contributed by atoms with Crippen LogP contribution in [0.5, 0.6) is 0 Å². The van der Waals surface area contributed by atoms with Gasteiger partial charge in [-0.1, -0.05) is 0 Å². The van der Waals surface area contributed by atoms with E-state index in [0.29, 0.717) is 12.5 Å². The Labute approximate surface area is 134 Å². The number of nitrogens with one attached hydrogen (secondary N) is 1. The molecule has 0 bridgehead atoms. The largest absolute Gasteiger partial charge is 0.348 e. The van der Waals surface area contributed by atoms with E-state index in [-0.39, 0.29) is 5.91 Å². The lowest BCUT2D eigenvalue weighted by molar-refractivity contribution is 0.0949. The average Bonchev–Trinajstić information content (AvgIpc) is 3.13. The highest BCUT2D eigenvalue weighted by Crippen LogP contribution is 2.23. The predicted octanol–water partition coefficient (Wildman–Crippen LogP) is 2.00. The van der Waals surface area contributed by atoms with Crippen molar-refractivity contribution >= 4 is 17.2 Å². The van der Waals surface area contributed by atoms with Crippen LogP contribution in [0.25, 0.3) is 0 Å². The van der Waals surface area contributed by atoms with Crippen molar-refractivity contribution in [1.82, 2.24) is 20.0 Å². The normalized spacial score (nSPS) is 17.5. The van der Waals surface area contributed by atoms with Crippen LogP contribution < -0.4 is 5.32 Å². The van der Waals surface area contributed by atoms with Crippen LogP contribution in [-0.4, -0.2) is 41.2 Å². The minimum atomic E-state index is -0.0158. The summed E-state index contributed by atoms with van der Waals surface area (Å²) < 4.78 is 1.99. The molecule has 3 rings (SSSR count). The van der Waals surface area contributed by atoms with Gasteiger partial charge in [0.25, 0.3) is 5.91 Å². The molecule has 0 aliphatic carbocycles. The Kier molecular flexibility index (Phi) is 4.59. The highest BCUT2D eigenvalue weighted by Gasteiger charge is 2.25. The van der Waals surface area contributed by atoms with E-state index in [1.165, 1.54) is 0 Å². The molecule has 5 nitrogen and oxygen atoms in total. The molecule has 1 aliphatic rings. The molecule has 1 unspecified atom stereocenters. The van der Waals surface area contributed by atoms with Crippen molar-refractivity contribution in [3.63, 3.8) is 0 Å². The number of aromatic nitrogens is 2. The molecule has 0 saturated carbocycles. The van der Waals surface area contributed by atoms with Gasteiger partial charge in [-0.25, -0.2) is 0 Å². The summed E-state index contributed by atoms with van der Waals surface area (Å²) in [5.41, 5.74) is 2.96. The van der Waals surface area contributed by atoms with Crippen LogP contribution >= 0.6 is 11.3 Å². The second kappa shape index (κ2) is 6.62. The number of fused-ring (bicyclic) bond motifs is 1. The molecule has 0 fully saturated rings. The fourth-order valence-corrected chi connectivity index (χ4v) is 3.70. The molecule has 0 spiro atoms. The quantitative estimate of drug-likeness (QED) is 0.917. The van der Waals surface area contributed by atoms with Crippen LogP contribution in [0, 0.1) is 5.92 Å². The van der Waals surface area contributed by atoms with Gasteiger partial charge >= 0.3 is 0 Å². The Morgan fingerprint density at radius 2 is 2.41 bits per heavy atom. The molecular formula is C16H22N4OS. The third kappa shape index (κ3) is 3.39. The minimum absolute atomic E-state index is 0.0158. The van der Waals surface area contributed by atoms with E-state index in [2.05, 4.69) is 34.8 Å². The molecule has 1 amide bonds. The first-order chi connectivity index (χ1) is 10.6. The summed E-state index contributed by atoms with van der Waals surface area (Å²) in [7, 11) is 4.20. The number of amides is 1. The standard InChI is InChI=1S/C16H22N4OS/c1-19(2)10-12-3-5-20-15(7-12)14(9-18-20)16(21)17-8-13-4-6-22-11-13/h4,6,9,11-12H,3,5,7-8,10H2,1-2H3,(H,17,21). The predicted molar refractivity (Wildman–Crippen MR) is 88.1 cm³/mol. The summed E-state index contributed by atoms with van der Waals surface area (Å²) in [6.07, 6.45) is 3.78. The SMILES string of the molecule is CN(C)CC1CCn2ncc(C(=O)NCc3ccsc3)c2C1. The summed E-state index contributed by atoms with van der Waals surface area (Å²) in [4.78, 5) is 14.6. The van der Waals surface area contributed by atoms with Crippen LogP contribution in [0.1, 0.15) is 28.0 Å². The van der Waals surface area contributed by atoms with Gasteiger partial charge < -0.3 is 10.2 Å². The average molecular weight is 318 g/mol. The zero-order chi connectivity index (χ0) is 15.5. The van der Waals surface area contributed by atoms with Crippen LogP contribution in [0.4, 0.5) is 0 Å². The van der Waals surface area contributed by atoms with Gasteiger partial charge in [-0.2, -0.15) is 16.4 Å². The summed E-state index contributed by atoms with van der Waals surface area (Å²) in [6, 6.07) is 2.03. The molecule has 3 heterocycles. The number of hydrogen-bond donors (Lipinski definition) is 1. The highest BCUT2D eigenvalue weighted by molar-refractivity contribution is 7.07. The van der Waals surface area contributed by atoms with Crippen LogP contribution in [0.15, 0.2) is 23.0 Å². The Morgan fingerprint density at radius 3 is 3.14 bits per heavy atom. The Hall–Kier alpha value is -1.66. The van der Waals surface area contributed by atoms with Gasteiger partial charge in [0.1, 0.15) is 0 Å². The number of nitrogens with zero attached hydrogens (tertiary/aromatic N) is 3. The van der Waals surface area contributed by atoms with Gasteiger partial charge in [0.05, 0.1) is 17.5 Å². The Bertz CT molecular complexity index is 633. The zero-order valence-corrected chi connectivity index (χ0v) is 13.9. The number of carbonyl (C=O) groups is 1. The van der Waals surface area contributed by atoms with Crippen molar-refractivity contribution < 1.29 is 4.79 Å². The Balaban J connectivity index is 1.67. The maximum Gasteiger partial charge on any atom is 0.255 e. The first-order valence-corrected chi connectivity index (χ1v) is 8.56. The number of aryl methyl sites for hydroxylation is 1. The van der Waals surface area contributed by atoms with Crippen molar-refractivity contribution in [2.75, 3.05) is 20.6 Å². The molecule has 6 heteroatoms. The topological polar surface area (TPSA) is 50.2 Å². The number of thiophene rings is 1. The molecule has 0 aromatic carbocycles. The summed E-state index contributed by atoms with van der Waals surface area (Å²) >= 11 is 1.65. The molecule has 118 valence electrons. The number of carbonyl (C=O) groups excluding carboxylic acids is 1. The molecule has 0 saturated heterocycles. The van der Waals surface area contributed by atoms with Crippen molar-refractivity contribution in [3.05, 3.63) is 39.8 Å². The minimum Gasteiger partial charge on any atom is -0.348 e. The lowest BCUT2D eigenvalue weighted by Crippen LogP contribution is -2.30. The second-order valence-corrected chi connectivity index (χ2v) is 6.94. The molecule has 0 radical (unpaired) electrons. The monoisotopic (exact) mass is 318 g/mol. The summed E-state index contributed by atoms with van der Waals surface area (Å²) in [5, 5.41) is 11.5. The maximum atomic E-state index is 12.4. The molecule has 1 N–H and O–H groups in total. The van der Waals surface area contributed by atoms with E-state index < -0.39 is 0 Å². The molecule has 2 aromatic rings. The first-order valence-electron chi connectivity index (χ1n) is 7.62. The van der Waals surface area contributed by atoms with Gasteiger partial charge in [0.2, 0.25) is 0 Å². The van der Waals surface area contributed by atoms with Gasteiger partial charge in [-0.05, 0) is 55.2 Å². The fraction of sp³-hybridized carbons (Fsp3) is 0.500. The van der Waals surface area contributed by atoms with E-state index in [9.17, 15) is 4.79 Å². The molecule has 2 aromatic heterocycles. The molecule has 1 aliphatic heterocycles. The zero-order valence-electron chi connectivity index (χ0n) is 13.1. The lowest BCUT2D eigenvalue weighted by atomic mass is 9.94. The van der Waals surface area contributed by atoms with E-state index >= 15 is 0 Å². The third-order valence-corrected chi connectivity index (χ3v) is 4.81. The van der Waals surface area contributed by atoms with E-state index in [1.807, 2.05) is 16.1 Å². The van der Waals surface area contributed by atoms with Gasteiger partial charge in [0.15, 0.2) is 0 Å². The second-order valence-electron chi connectivity index (χ2n) is 6.16. The number of rotatable bonds is 5. The van der Waals surface area contributed by atoms with E-state index in [1.54, 1.807) is 17.5 Å². The molecule has 22 heavy (non-hydrogen) atoms. The van der Waals surface area contributed by atoms with Crippen LogP contribution in [-0.2, 0) is 19.5 Å². The van der Waals surface area contributed by atoms with Crippen LogP contribution in [0.3, 0.4) is 0 Å². The van der Waals surface area contributed by atoms with E-state index in [4.69, 9.17) is 0 Å². The number of hydrogen-bond acceptors (Lipinski definition) is 4. The fourth-order valence-electron chi connectivity index (χ4n) is 3.03. The van der Waals surface area contributed by atoms with Crippen molar-refractivity contribution in [1.29, 1.82) is 0 Å².